The van der Waals surface area contributed by atoms with Crippen LogP contribution in [0.2, 0.25) is 5.02 Å². The van der Waals surface area contributed by atoms with E-state index in [1.165, 1.54) is 0 Å². The number of hydrogen-bond acceptors (Lipinski definition) is 6. The number of carbonyl (C=O) groups excluding carboxylic acids is 2. The molecule has 0 amide bonds. The quantitative estimate of drug-likeness (QED) is 0.125. The Morgan fingerprint density at radius 2 is 1.72 bits per heavy atom. The summed E-state index contributed by atoms with van der Waals surface area (Å²) in [6.07, 6.45) is 1.83. The Kier molecular flexibility index (Phi) is 7.77. The molecule has 0 unspecified atom stereocenters. The van der Waals surface area contributed by atoms with Crippen LogP contribution < -0.4 is 9.47 Å². The molecule has 4 aromatic rings. The standard InChI is InChI=1S/C30H27ClINO6/c1-4-36-24-14-18(13-22(32)27(24)37-16-17-9-11-19(31)12-10-17)25(21-15-33-23-8-6-5-7-20(21)23)26-28(34)38-30(2,3)39-29(26)35/h5-15,25-26,33H,4,16H2,1-3H3/t25-/m1/s1. The van der Waals surface area contributed by atoms with Gasteiger partial charge in [-0.25, -0.2) is 0 Å². The van der Waals surface area contributed by atoms with Crippen LogP contribution in [0.3, 0.4) is 0 Å². The van der Waals surface area contributed by atoms with Crippen molar-refractivity contribution in [3.63, 3.8) is 0 Å². The van der Waals surface area contributed by atoms with Crippen LogP contribution in [0.5, 0.6) is 11.5 Å². The molecule has 0 aliphatic carbocycles. The highest BCUT2D eigenvalue weighted by Crippen LogP contribution is 2.44. The summed E-state index contributed by atoms with van der Waals surface area (Å²) in [5.74, 6) is -3.43. The maximum atomic E-state index is 13.3. The number of benzene rings is 3. The smallest absolute Gasteiger partial charge is 0.324 e. The highest BCUT2D eigenvalue weighted by molar-refractivity contribution is 14.1. The first kappa shape index (κ1) is 27.3. The maximum Gasteiger partial charge on any atom is 0.324 e. The normalized spacial score (nSPS) is 16.0. The largest absolute Gasteiger partial charge is 0.490 e. The first-order valence-electron chi connectivity index (χ1n) is 12.5. The van der Waals surface area contributed by atoms with Crippen LogP contribution in [0, 0.1) is 9.49 Å². The van der Waals surface area contributed by atoms with Crippen molar-refractivity contribution in [3.8, 4) is 11.5 Å². The van der Waals surface area contributed by atoms with Gasteiger partial charge in [-0.2, -0.15) is 0 Å². The van der Waals surface area contributed by atoms with E-state index < -0.39 is 29.6 Å². The predicted molar refractivity (Wildman–Crippen MR) is 156 cm³/mol. The van der Waals surface area contributed by atoms with E-state index in [0.29, 0.717) is 35.3 Å². The van der Waals surface area contributed by atoms with E-state index in [2.05, 4.69) is 27.6 Å². The van der Waals surface area contributed by atoms with Crippen molar-refractivity contribution < 1.29 is 28.5 Å². The van der Waals surface area contributed by atoms with Gasteiger partial charge in [0.25, 0.3) is 5.79 Å². The second kappa shape index (κ2) is 11.1. The molecule has 0 radical (unpaired) electrons. The number of fused-ring (bicyclic) bond motifs is 1. The highest BCUT2D eigenvalue weighted by atomic mass is 127. The molecule has 2 heterocycles. The second-order valence-electron chi connectivity index (χ2n) is 9.67. The van der Waals surface area contributed by atoms with Gasteiger partial charge >= 0.3 is 11.9 Å². The van der Waals surface area contributed by atoms with Gasteiger partial charge in [-0.3, -0.25) is 9.59 Å². The third kappa shape index (κ3) is 5.72. The molecule has 1 aliphatic rings. The molecule has 202 valence electrons. The lowest BCUT2D eigenvalue weighted by molar-refractivity contribution is -0.240. The molecule has 1 saturated heterocycles. The van der Waals surface area contributed by atoms with Crippen LogP contribution in [0.4, 0.5) is 0 Å². The van der Waals surface area contributed by atoms with Gasteiger partial charge in [0.15, 0.2) is 17.4 Å². The number of nitrogens with one attached hydrogen (secondary N) is 1. The average Bonchev–Trinajstić information content (AvgIpc) is 3.30. The summed E-state index contributed by atoms with van der Waals surface area (Å²) in [5, 5.41) is 1.54. The third-order valence-electron chi connectivity index (χ3n) is 6.48. The Balaban J connectivity index is 1.60. The molecule has 0 bridgehead atoms. The molecule has 1 N–H and O–H groups in total. The number of aromatic nitrogens is 1. The zero-order valence-electron chi connectivity index (χ0n) is 21.6. The molecule has 0 spiro atoms. The Bertz CT molecular complexity index is 1510. The van der Waals surface area contributed by atoms with Crippen LogP contribution in [-0.4, -0.2) is 29.3 Å². The number of rotatable bonds is 8. The SMILES string of the molecule is CCOc1cc([C@H](c2c[nH]c3ccccc23)C2C(=O)OC(C)(C)OC2=O)cc(I)c1OCc1ccc(Cl)cc1. The van der Waals surface area contributed by atoms with Crippen LogP contribution in [0.15, 0.2) is 66.9 Å². The molecule has 1 fully saturated rings. The number of para-hydroxylation sites is 1. The van der Waals surface area contributed by atoms with E-state index in [-0.39, 0.29) is 0 Å². The Morgan fingerprint density at radius 3 is 2.41 bits per heavy atom. The summed E-state index contributed by atoms with van der Waals surface area (Å²) in [6, 6.07) is 18.9. The van der Waals surface area contributed by atoms with E-state index >= 15 is 0 Å². The zero-order valence-corrected chi connectivity index (χ0v) is 24.5. The monoisotopic (exact) mass is 659 g/mol. The fourth-order valence-corrected chi connectivity index (χ4v) is 5.72. The van der Waals surface area contributed by atoms with Crippen molar-refractivity contribution in [2.45, 2.75) is 39.1 Å². The van der Waals surface area contributed by atoms with Gasteiger partial charge in [0.05, 0.1) is 10.2 Å². The Labute approximate surface area is 244 Å². The zero-order chi connectivity index (χ0) is 27.7. The molecule has 39 heavy (non-hydrogen) atoms. The van der Waals surface area contributed by atoms with Crippen molar-refractivity contribution in [1.82, 2.24) is 4.98 Å². The first-order chi connectivity index (χ1) is 18.7. The first-order valence-corrected chi connectivity index (χ1v) is 14.0. The van der Waals surface area contributed by atoms with E-state index in [0.717, 1.165) is 25.6 Å². The van der Waals surface area contributed by atoms with Gasteiger partial charge in [-0.15, -0.1) is 0 Å². The lowest BCUT2D eigenvalue weighted by Gasteiger charge is -2.36. The predicted octanol–water partition coefficient (Wildman–Crippen LogP) is 6.99. The van der Waals surface area contributed by atoms with Crippen LogP contribution in [-0.2, 0) is 25.7 Å². The highest BCUT2D eigenvalue weighted by Gasteiger charge is 2.49. The lowest BCUT2D eigenvalue weighted by atomic mass is 9.80. The van der Waals surface area contributed by atoms with E-state index in [9.17, 15) is 9.59 Å². The Hall–Kier alpha value is -3.24. The van der Waals surface area contributed by atoms with Crippen LogP contribution >= 0.6 is 34.2 Å². The summed E-state index contributed by atoms with van der Waals surface area (Å²) in [5.41, 5.74) is 3.31. The number of cyclic esters (lactones) is 2. The summed E-state index contributed by atoms with van der Waals surface area (Å²) in [4.78, 5) is 29.9. The summed E-state index contributed by atoms with van der Waals surface area (Å²) >= 11 is 8.21. The molecule has 9 heteroatoms. The number of carbonyl (C=O) groups is 2. The fraction of sp³-hybridized carbons (Fsp3) is 0.267. The van der Waals surface area contributed by atoms with Crippen molar-refractivity contribution in [2.75, 3.05) is 6.61 Å². The molecule has 1 aliphatic heterocycles. The van der Waals surface area contributed by atoms with Crippen molar-refractivity contribution in [3.05, 3.63) is 92.1 Å². The number of ether oxygens (including phenoxy) is 4. The van der Waals surface area contributed by atoms with Crippen molar-refractivity contribution >= 4 is 57.0 Å². The summed E-state index contributed by atoms with van der Waals surface area (Å²) in [7, 11) is 0. The van der Waals surface area contributed by atoms with Crippen molar-refractivity contribution in [2.24, 2.45) is 5.92 Å². The van der Waals surface area contributed by atoms with Gasteiger partial charge in [-0.05, 0) is 76.5 Å². The van der Waals surface area contributed by atoms with Gasteiger partial charge in [0.2, 0.25) is 0 Å². The topological polar surface area (TPSA) is 86.9 Å². The minimum atomic E-state index is -1.33. The molecule has 7 nitrogen and oxygen atoms in total. The molecule has 5 rings (SSSR count). The Morgan fingerprint density at radius 1 is 1.03 bits per heavy atom. The molecular weight excluding hydrogens is 633 g/mol. The van der Waals surface area contributed by atoms with Gasteiger partial charge in [-0.1, -0.05) is 41.9 Å². The molecule has 3 aromatic carbocycles. The van der Waals surface area contributed by atoms with Crippen LogP contribution in [0.25, 0.3) is 10.9 Å². The number of aromatic amines is 1. The van der Waals surface area contributed by atoms with E-state index in [1.807, 2.05) is 73.8 Å². The number of H-pyrrole nitrogens is 1. The van der Waals surface area contributed by atoms with Crippen LogP contribution in [0.1, 0.15) is 43.4 Å². The molecule has 1 aromatic heterocycles. The minimum Gasteiger partial charge on any atom is -0.490 e. The van der Waals surface area contributed by atoms with Gasteiger partial charge in [0.1, 0.15) is 6.61 Å². The van der Waals surface area contributed by atoms with Gasteiger partial charge in [0, 0.05) is 41.9 Å². The third-order valence-corrected chi connectivity index (χ3v) is 7.53. The summed E-state index contributed by atoms with van der Waals surface area (Å²) in [6.45, 7) is 5.69. The lowest BCUT2D eigenvalue weighted by Crippen LogP contribution is -2.48. The number of hydrogen-bond donors (Lipinski definition) is 1. The summed E-state index contributed by atoms with van der Waals surface area (Å²) < 4.78 is 24.0. The van der Waals surface area contributed by atoms with E-state index in [1.54, 1.807) is 13.8 Å². The van der Waals surface area contributed by atoms with E-state index in [4.69, 9.17) is 30.5 Å². The number of halogens is 2. The molecular formula is C30H27ClINO6. The van der Waals surface area contributed by atoms with Gasteiger partial charge < -0.3 is 23.9 Å². The minimum absolute atomic E-state index is 0.314. The molecule has 1 atom stereocenters. The average molecular weight is 660 g/mol. The maximum absolute atomic E-state index is 13.3. The van der Waals surface area contributed by atoms with Crippen molar-refractivity contribution in [1.29, 1.82) is 0 Å². The fourth-order valence-electron chi connectivity index (χ4n) is 4.81. The second-order valence-corrected chi connectivity index (χ2v) is 11.3. The molecule has 0 saturated carbocycles. The number of esters is 2.